The number of rotatable bonds is 6. The van der Waals surface area contributed by atoms with Crippen LogP contribution in [-0.2, 0) is 22.1 Å². The van der Waals surface area contributed by atoms with Gasteiger partial charge in [0.1, 0.15) is 0 Å². The summed E-state index contributed by atoms with van der Waals surface area (Å²) in [5.74, 6) is -1.33. The quantitative estimate of drug-likeness (QED) is 0.813. The van der Waals surface area contributed by atoms with Crippen LogP contribution in [-0.4, -0.2) is 25.0 Å². The molecular weight excluding hydrogens is 335 g/mol. The van der Waals surface area contributed by atoms with Crippen molar-refractivity contribution in [1.29, 1.82) is 0 Å². The van der Waals surface area contributed by atoms with Crippen molar-refractivity contribution in [2.45, 2.75) is 12.6 Å². The maximum atomic E-state index is 12.4. The van der Waals surface area contributed by atoms with Crippen LogP contribution in [0.4, 0.5) is 13.2 Å². The summed E-state index contributed by atoms with van der Waals surface area (Å²) in [5.41, 5.74) is 0.150. The molecule has 0 fully saturated rings. The molecule has 2 aromatic carbocycles. The predicted molar refractivity (Wildman–Crippen MR) is 84.9 cm³/mol. The van der Waals surface area contributed by atoms with Gasteiger partial charge in [0.25, 0.3) is 5.91 Å². The Hall–Kier alpha value is -2.83. The number of halogens is 3. The number of esters is 1. The molecule has 1 amide bonds. The lowest BCUT2D eigenvalue weighted by molar-refractivity contribution is -0.137. The fourth-order valence-corrected chi connectivity index (χ4v) is 2.05. The SMILES string of the molecule is O=C(COC(=O)c1ccc(C(F)(F)F)cc1)NCCc1ccccc1. The predicted octanol–water partition coefficient (Wildman–Crippen LogP) is 3.22. The van der Waals surface area contributed by atoms with E-state index < -0.39 is 30.2 Å². The first-order chi connectivity index (χ1) is 11.9. The highest BCUT2D eigenvalue weighted by Crippen LogP contribution is 2.29. The van der Waals surface area contributed by atoms with Gasteiger partial charge >= 0.3 is 12.1 Å². The molecule has 0 heterocycles. The Bertz CT molecular complexity index is 713. The summed E-state index contributed by atoms with van der Waals surface area (Å²) in [6.45, 7) is -0.102. The van der Waals surface area contributed by atoms with Gasteiger partial charge in [0.2, 0.25) is 0 Å². The highest BCUT2D eigenvalue weighted by Gasteiger charge is 2.30. The van der Waals surface area contributed by atoms with Crippen LogP contribution in [0.25, 0.3) is 0 Å². The minimum atomic E-state index is -4.47. The van der Waals surface area contributed by atoms with Crippen LogP contribution in [0.1, 0.15) is 21.5 Å². The van der Waals surface area contributed by atoms with Crippen LogP contribution in [0.3, 0.4) is 0 Å². The van der Waals surface area contributed by atoms with E-state index in [1.165, 1.54) is 0 Å². The van der Waals surface area contributed by atoms with Crippen LogP contribution in [0.15, 0.2) is 54.6 Å². The number of hydrogen-bond acceptors (Lipinski definition) is 3. The molecule has 0 unspecified atom stereocenters. The molecule has 0 spiro atoms. The average molecular weight is 351 g/mol. The summed E-state index contributed by atoms with van der Waals surface area (Å²) < 4.78 is 42.1. The Labute approximate surface area is 142 Å². The summed E-state index contributed by atoms with van der Waals surface area (Å²) in [5, 5.41) is 2.60. The van der Waals surface area contributed by atoms with E-state index in [0.717, 1.165) is 29.8 Å². The van der Waals surface area contributed by atoms with Crippen LogP contribution < -0.4 is 5.32 Å². The number of ether oxygens (including phenoxy) is 1. The Morgan fingerprint density at radius 2 is 1.60 bits per heavy atom. The summed E-state index contributed by atoms with van der Waals surface area (Å²) >= 11 is 0. The normalized spacial score (nSPS) is 11.0. The lowest BCUT2D eigenvalue weighted by atomic mass is 10.1. The number of carbonyl (C=O) groups excluding carboxylic acids is 2. The number of benzene rings is 2. The van der Waals surface area contributed by atoms with Gasteiger partial charge in [0.15, 0.2) is 6.61 Å². The second kappa shape index (κ2) is 8.32. The van der Waals surface area contributed by atoms with Crippen molar-refractivity contribution in [2.24, 2.45) is 0 Å². The molecule has 0 radical (unpaired) electrons. The fraction of sp³-hybridized carbons (Fsp3) is 0.222. The molecule has 132 valence electrons. The molecule has 2 aromatic rings. The van der Waals surface area contributed by atoms with E-state index in [1.54, 1.807) is 0 Å². The lowest BCUT2D eigenvalue weighted by Gasteiger charge is -2.08. The van der Waals surface area contributed by atoms with E-state index in [9.17, 15) is 22.8 Å². The molecule has 0 bridgehead atoms. The number of carbonyl (C=O) groups is 2. The Kier molecular flexibility index (Phi) is 6.16. The van der Waals surface area contributed by atoms with E-state index in [4.69, 9.17) is 4.74 Å². The second-order valence-corrected chi connectivity index (χ2v) is 5.24. The van der Waals surface area contributed by atoms with E-state index >= 15 is 0 Å². The largest absolute Gasteiger partial charge is 0.452 e. The van der Waals surface area contributed by atoms with Crippen molar-refractivity contribution >= 4 is 11.9 Å². The zero-order valence-electron chi connectivity index (χ0n) is 13.2. The molecule has 0 aliphatic rings. The molecule has 0 saturated carbocycles. The first kappa shape index (κ1) is 18.5. The van der Waals surface area contributed by atoms with E-state index in [0.29, 0.717) is 13.0 Å². The van der Waals surface area contributed by atoms with Gasteiger partial charge in [-0.05, 0) is 36.2 Å². The molecule has 1 N–H and O–H groups in total. The van der Waals surface area contributed by atoms with Crippen molar-refractivity contribution < 1.29 is 27.5 Å². The molecule has 0 aromatic heterocycles. The zero-order chi connectivity index (χ0) is 18.3. The third-order valence-electron chi connectivity index (χ3n) is 3.36. The summed E-state index contributed by atoms with van der Waals surface area (Å²) in [7, 11) is 0. The van der Waals surface area contributed by atoms with Gasteiger partial charge in [0.05, 0.1) is 11.1 Å². The van der Waals surface area contributed by atoms with Gasteiger partial charge in [-0.1, -0.05) is 30.3 Å². The molecule has 0 atom stereocenters. The number of nitrogens with one attached hydrogen (secondary N) is 1. The molecule has 0 aliphatic carbocycles. The molecule has 4 nitrogen and oxygen atoms in total. The summed E-state index contributed by atoms with van der Waals surface area (Å²) in [4.78, 5) is 23.3. The average Bonchev–Trinajstić information content (AvgIpc) is 2.60. The summed E-state index contributed by atoms with van der Waals surface area (Å²) in [6.07, 6.45) is -3.83. The van der Waals surface area contributed by atoms with Crippen LogP contribution >= 0.6 is 0 Å². The van der Waals surface area contributed by atoms with Crippen molar-refractivity contribution in [3.05, 3.63) is 71.3 Å². The lowest BCUT2D eigenvalue weighted by Crippen LogP contribution is -2.30. The van der Waals surface area contributed by atoms with E-state index in [2.05, 4.69) is 5.32 Å². The van der Waals surface area contributed by atoms with Crippen LogP contribution in [0.2, 0.25) is 0 Å². The molecule has 0 saturated heterocycles. The second-order valence-electron chi connectivity index (χ2n) is 5.24. The highest BCUT2D eigenvalue weighted by molar-refractivity contribution is 5.91. The van der Waals surface area contributed by atoms with E-state index in [-0.39, 0.29) is 5.56 Å². The van der Waals surface area contributed by atoms with Crippen LogP contribution in [0.5, 0.6) is 0 Å². The van der Waals surface area contributed by atoms with Gasteiger partial charge in [-0.25, -0.2) is 4.79 Å². The standard InChI is InChI=1S/C18H16F3NO3/c19-18(20,21)15-8-6-14(7-9-15)17(24)25-12-16(23)22-11-10-13-4-2-1-3-5-13/h1-9H,10-12H2,(H,22,23). The first-order valence-corrected chi connectivity index (χ1v) is 7.51. The first-order valence-electron chi connectivity index (χ1n) is 7.51. The molecule has 25 heavy (non-hydrogen) atoms. The van der Waals surface area contributed by atoms with Gasteiger partial charge in [-0.15, -0.1) is 0 Å². The monoisotopic (exact) mass is 351 g/mol. The van der Waals surface area contributed by atoms with Crippen molar-refractivity contribution in [1.82, 2.24) is 5.32 Å². The molecule has 0 aliphatic heterocycles. The Balaban J connectivity index is 1.74. The van der Waals surface area contributed by atoms with Crippen molar-refractivity contribution in [3.63, 3.8) is 0 Å². The minimum absolute atomic E-state index is 0.0508. The Morgan fingerprint density at radius 1 is 0.960 bits per heavy atom. The molecule has 2 rings (SSSR count). The molecule has 7 heteroatoms. The van der Waals surface area contributed by atoms with Crippen molar-refractivity contribution in [3.8, 4) is 0 Å². The smallest absolute Gasteiger partial charge is 0.416 e. The third kappa shape index (κ3) is 5.95. The van der Waals surface area contributed by atoms with Crippen molar-refractivity contribution in [2.75, 3.05) is 13.2 Å². The number of hydrogen-bond donors (Lipinski definition) is 1. The fourth-order valence-electron chi connectivity index (χ4n) is 2.05. The maximum absolute atomic E-state index is 12.4. The third-order valence-corrected chi connectivity index (χ3v) is 3.36. The topological polar surface area (TPSA) is 55.4 Å². The molecular formula is C18H16F3NO3. The Morgan fingerprint density at radius 3 is 2.20 bits per heavy atom. The number of amides is 1. The maximum Gasteiger partial charge on any atom is 0.416 e. The summed E-state index contributed by atoms with van der Waals surface area (Å²) in [6, 6.07) is 13.1. The van der Waals surface area contributed by atoms with Gasteiger partial charge in [-0.3, -0.25) is 4.79 Å². The van der Waals surface area contributed by atoms with Gasteiger partial charge in [-0.2, -0.15) is 13.2 Å². The van der Waals surface area contributed by atoms with Crippen LogP contribution in [0, 0.1) is 0 Å². The number of alkyl halides is 3. The minimum Gasteiger partial charge on any atom is -0.452 e. The van der Waals surface area contributed by atoms with Gasteiger partial charge < -0.3 is 10.1 Å². The van der Waals surface area contributed by atoms with Gasteiger partial charge in [0, 0.05) is 6.54 Å². The van der Waals surface area contributed by atoms with E-state index in [1.807, 2.05) is 30.3 Å². The highest BCUT2D eigenvalue weighted by atomic mass is 19.4. The zero-order valence-corrected chi connectivity index (χ0v) is 13.2.